The summed E-state index contributed by atoms with van der Waals surface area (Å²) in [5.41, 5.74) is 17.9. The van der Waals surface area contributed by atoms with Crippen molar-refractivity contribution in [2.75, 3.05) is 11.5 Å². The van der Waals surface area contributed by atoms with E-state index >= 15 is 0 Å². The summed E-state index contributed by atoms with van der Waals surface area (Å²) in [6.07, 6.45) is 27.8. The van der Waals surface area contributed by atoms with E-state index in [1.165, 1.54) is 140 Å². The van der Waals surface area contributed by atoms with Crippen LogP contribution in [0.25, 0.3) is 0 Å². The van der Waals surface area contributed by atoms with Gasteiger partial charge in [-0.2, -0.15) is 0 Å². The quantitative estimate of drug-likeness (QED) is 0.362. The number of hydrogen-bond donors (Lipinski definition) is 2. The van der Waals surface area contributed by atoms with Gasteiger partial charge in [-0.15, -0.1) is 0 Å². The summed E-state index contributed by atoms with van der Waals surface area (Å²) >= 11 is 0. The molecule has 4 nitrogen and oxygen atoms in total. The van der Waals surface area contributed by atoms with Gasteiger partial charge in [0.15, 0.2) is 0 Å². The van der Waals surface area contributed by atoms with Crippen LogP contribution in [-0.4, -0.2) is 34.0 Å². The summed E-state index contributed by atoms with van der Waals surface area (Å²) in [4.78, 5) is 5.79. The maximum Gasteiger partial charge on any atom is 0.0380 e. The number of nitrogen functional groups attached to an aromatic ring is 2. The fourth-order valence-electron chi connectivity index (χ4n) is 8.16. The molecule has 202 valence electrons. The lowest BCUT2D eigenvalue weighted by Gasteiger charge is -2.43. The van der Waals surface area contributed by atoms with Gasteiger partial charge in [0.25, 0.3) is 0 Å². The van der Waals surface area contributed by atoms with Crippen LogP contribution in [-0.2, 0) is 13.1 Å². The number of rotatable bonds is 8. The fraction of sp³-hybridized carbons (Fsp3) is 0.812. The average molecular weight is 495 g/mol. The largest absolute Gasteiger partial charge is 0.398 e. The van der Waals surface area contributed by atoms with Gasteiger partial charge in [0, 0.05) is 48.6 Å². The third-order valence-corrected chi connectivity index (χ3v) is 10.3. The van der Waals surface area contributed by atoms with Gasteiger partial charge in [-0.25, -0.2) is 0 Å². The standard InChI is InChI=1S/C32H54N4/c33-31-22-32(34)26(24-36(29-17-9-3-10-18-29)30-19-11-4-12-20-30)21-25(31)23-35(27-13-5-1-6-14-27)28-15-7-2-8-16-28/h21-22,27-30H,1-20,23-24,33-34H2. The van der Waals surface area contributed by atoms with Crippen molar-refractivity contribution in [1.29, 1.82) is 0 Å². The molecule has 0 saturated heterocycles. The van der Waals surface area contributed by atoms with E-state index in [2.05, 4.69) is 21.9 Å². The number of anilines is 2. The van der Waals surface area contributed by atoms with Gasteiger partial charge in [0.2, 0.25) is 0 Å². The van der Waals surface area contributed by atoms with E-state index in [9.17, 15) is 0 Å². The van der Waals surface area contributed by atoms with Gasteiger partial charge in [-0.05, 0) is 74.6 Å². The zero-order chi connectivity index (χ0) is 24.7. The molecular formula is C32H54N4. The van der Waals surface area contributed by atoms with Gasteiger partial charge in [-0.3, -0.25) is 9.80 Å². The molecule has 0 amide bonds. The second kappa shape index (κ2) is 13.0. The molecule has 5 rings (SSSR count). The molecule has 4 aliphatic carbocycles. The zero-order valence-corrected chi connectivity index (χ0v) is 23.1. The van der Waals surface area contributed by atoms with Gasteiger partial charge in [-0.1, -0.05) is 77.0 Å². The van der Waals surface area contributed by atoms with Gasteiger partial charge in [0.05, 0.1) is 0 Å². The Morgan fingerprint density at radius 3 is 1.00 bits per heavy atom. The number of hydrogen-bond acceptors (Lipinski definition) is 4. The van der Waals surface area contributed by atoms with E-state index in [0.717, 1.165) is 48.6 Å². The topological polar surface area (TPSA) is 58.5 Å². The Morgan fingerprint density at radius 1 is 0.444 bits per heavy atom. The Hall–Kier alpha value is -1.26. The lowest BCUT2D eigenvalue weighted by molar-refractivity contribution is 0.0714. The number of nitrogens with two attached hydrogens (primary N) is 2. The van der Waals surface area contributed by atoms with E-state index in [1.54, 1.807) is 0 Å². The van der Waals surface area contributed by atoms with Crippen LogP contribution in [0.2, 0.25) is 0 Å². The highest BCUT2D eigenvalue weighted by Crippen LogP contribution is 2.36. The van der Waals surface area contributed by atoms with E-state index in [1.807, 2.05) is 0 Å². The fourth-order valence-corrected chi connectivity index (χ4v) is 8.16. The smallest absolute Gasteiger partial charge is 0.0380 e. The molecular weight excluding hydrogens is 440 g/mol. The number of benzene rings is 1. The first-order valence-corrected chi connectivity index (χ1v) is 15.9. The summed E-state index contributed by atoms with van der Waals surface area (Å²) in [6.45, 7) is 2.03. The lowest BCUT2D eigenvalue weighted by Crippen LogP contribution is -2.45. The molecule has 0 aliphatic heterocycles. The molecule has 0 bridgehead atoms. The Bertz CT molecular complexity index is 699. The number of nitrogens with zero attached hydrogens (tertiary/aromatic N) is 2. The first-order chi connectivity index (χ1) is 17.7. The van der Waals surface area contributed by atoms with E-state index in [4.69, 9.17) is 11.5 Å². The summed E-state index contributed by atoms with van der Waals surface area (Å²) < 4.78 is 0. The van der Waals surface area contributed by atoms with E-state index < -0.39 is 0 Å². The molecule has 4 fully saturated rings. The van der Waals surface area contributed by atoms with Crippen molar-refractivity contribution in [3.05, 3.63) is 23.3 Å². The highest BCUT2D eigenvalue weighted by Gasteiger charge is 2.31. The van der Waals surface area contributed by atoms with Crippen molar-refractivity contribution < 1.29 is 0 Å². The SMILES string of the molecule is Nc1cc(N)c(CN(C2CCCCC2)C2CCCCC2)cc1CN(C1CCCCC1)C1CCCCC1. The van der Waals surface area contributed by atoms with Crippen LogP contribution in [0.3, 0.4) is 0 Å². The van der Waals surface area contributed by atoms with Gasteiger partial charge < -0.3 is 11.5 Å². The minimum Gasteiger partial charge on any atom is -0.398 e. The molecule has 1 aromatic rings. The zero-order valence-electron chi connectivity index (χ0n) is 23.1. The second-order valence-corrected chi connectivity index (χ2v) is 12.8. The van der Waals surface area contributed by atoms with Crippen LogP contribution in [0.1, 0.15) is 140 Å². The maximum atomic E-state index is 6.69. The minimum atomic E-state index is 0.739. The minimum absolute atomic E-state index is 0.739. The molecule has 0 spiro atoms. The molecule has 0 unspecified atom stereocenters. The second-order valence-electron chi connectivity index (χ2n) is 12.8. The van der Waals surface area contributed by atoms with Crippen molar-refractivity contribution in [2.24, 2.45) is 0 Å². The Kier molecular flexibility index (Phi) is 9.52. The normalized spacial score (nSPS) is 24.1. The Morgan fingerprint density at radius 2 is 0.722 bits per heavy atom. The van der Waals surface area contributed by atoms with E-state index in [0.29, 0.717) is 0 Å². The summed E-state index contributed by atoms with van der Waals surface area (Å²) in [5, 5.41) is 0. The molecule has 0 heterocycles. The predicted molar refractivity (Wildman–Crippen MR) is 154 cm³/mol. The monoisotopic (exact) mass is 494 g/mol. The average Bonchev–Trinajstić information content (AvgIpc) is 2.94. The maximum absolute atomic E-state index is 6.69. The van der Waals surface area contributed by atoms with Crippen LogP contribution in [0.4, 0.5) is 11.4 Å². The molecule has 1 aromatic carbocycles. The third-order valence-electron chi connectivity index (χ3n) is 10.3. The molecule has 4 aliphatic rings. The Labute approximate surface area is 221 Å². The third kappa shape index (κ3) is 6.59. The van der Waals surface area contributed by atoms with Gasteiger partial charge >= 0.3 is 0 Å². The molecule has 0 aromatic heterocycles. The summed E-state index contributed by atoms with van der Waals surface area (Å²) in [7, 11) is 0. The molecule has 0 atom stereocenters. The van der Waals surface area contributed by atoms with Crippen LogP contribution in [0.5, 0.6) is 0 Å². The van der Waals surface area contributed by atoms with Crippen molar-refractivity contribution in [3.8, 4) is 0 Å². The van der Waals surface area contributed by atoms with E-state index in [-0.39, 0.29) is 0 Å². The van der Waals surface area contributed by atoms with Crippen LogP contribution in [0, 0.1) is 0 Å². The molecule has 4 saturated carbocycles. The summed E-state index contributed by atoms with van der Waals surface area (Å²) in [5.74, 6) is 0. The summed E-state index contributed by atoms with van der Waals surface area (Å²) in [6, 6.07) is 7.49. The predicted octanol–water partition coefficient (Wildman–Crippen LogP) is 7.79. The van der Waals surface area contributed by atoms with Crippen LogP contribution >= 0.6 is 0 Å². The van der Waals surface area contributed by atoms with Crippen molar-refractivity contribution in [3.63, 3.8) is 0 Å². The van der Waals surface area contributed by atoms with Crippen molar-refractivity contribution in [2.45, 2.75) is 166 Å². The van der Waals surface area contributed by atoms with Crippen LogP contribution < -0.4 is 11.5 Å². The highest BCUT2D eigenvalue weighted by molar-refractivity contribution is 5.61. The molecule has 4 N–H and O–H groups in total. The molecule has 4 heteroatoms. The van der Waals surface area contributed by atoms with Crippen molar-refractivity contribution in [1.82, 2.24) is 9.80 Å². The molecule has 36 heavy (non-hydrogen) atoms. The van der Waals surface area contributed by atoms with Crippen molar-refractivity contribution >= 4 is 11.4 Å². The first-order valence-electron chi connectivity index (χ1n) is 15.9. The highest BCUT2D eigenvalue weighted by atomic mass is 15.2. The molecule has 0 radical (unpaired) electrons. The first kappa shape index (κ1) is 26.4. The Balaban J connectivity index is 1.37. The lowest BCUT2D eigenvalue weighted by atomic mass is 9.87. The van der Waals surface area contributed by atoms with Gasteiger partial charge in [0.1, 0.15) is 0 Å². The van der Waals surface area contributed by atoms with Crippen LogP contribution in [0.15, 0.2) is 12.1 Å².